The summed E-state index contributed by atoms with van der Waals surface area (Å²) >= 11 is 3.41. The van der Waals surface area contributed by atoms with Crippen LogP contribution in [0.1, 0.15) is 28.7 Å². The van der Waals surface area contributed by atoms with Gasteiger partial charge in [0.1, 0.15) is 12.9 Å². The van der Waals surface area contributed by atoms with Crippen LogP contribution < -0.4 is 9.47 Å². The number of carbonyl (C=O) groups is 1. The van der Waals surface area contributed by atoms with Gasteiger partial charge in [-0.15, -0.1) is 0 Å². The normalized spacial score (nSPS) is 10.2. The highest BCUT2D eigenvalue weighted by atomic mass is 79.9. The van der Waals surface area contributed by atoms with Crippen LogP contribution in [0.25, 0.3) is 0 Å². The van der Waals surface area contributed by atoms with Gasteiger partial charge in [-0.2, -0.15) is 0 Å². The lowest BCUT2D eigenvalue weighted by molar-refractivity contribution is 0.112. The molecule has 0 aliphatic rings. The van der Waals surface area contributed by atoms with Crippen molar-refractivity contribution in [2.75, 3.05) is 6.61 Å². The molecule has 0 atom stereocenters. The lowest BCUT2D eigenvalue weighted by atomic mass is 10.2. The summed E-state index contributed by atoms with van der Waals surface area (Å²) in [4.78, 5) is 15.3. The molecule has 0 aliphatic carbocycles. The third-order valence-corrected chi connectivity index (χ3v) is 3.37. The van der Waals surface area contributed by atoms with Gasteiger partial charge in [-0.05, 0) is 54.0 Å². The van der Waals surface area contributed by atoms with Crippen molar-refractivity contribution in [3.63, 3.8) is 0 Å². The summed E-state index contributed by atoms with van der Waals surface area (Å²) in [6.45, 7) is 4.64. The second-order valence-electron chi connectivity index (χ2n) is 4.44. The number of ether oxygens (including phenoxy) is 2. The molecular weight excluding hydrogens is 334 g/mol. The number of pyridine rings is 1. The molecule has 1 aromatic heterocycles. The first-order valence-corrected chi connectivity index (χ1v) is 7.40. The van der Waals surface area contributed by atoms with Crippen LogP contribution in [0.2, 0.25) is 0 Å². The van der Waals surface area contributed by atoms with Gasteiger partial charge in [0.15, 0.2) is 11.5 Å². The van der Waals surface area contributed by atoms with Gasteiger partial charge in [0, 0.05) is 11.3 Å². The standard InChI is InChI=1S/C16H16BrNO3/c1-3-20-15-8-12(9-19)7-14(17)16(15)21-10-13-6-4-5-11(2)18-13/h4-9H,3,10H2,1-2H3. The molecule has 0 N–H and O–H groups in total. The number of hydrogen-bond donors (Lipinski definition) is 0. The molecule has 5 heteroatoms. The van der Waals surface area contributed by atoms with Gasteiger partial charge in [-0.25, -0.2) is 0 Å². The fourth-order valence-corrected chi connectivity index (χ4v) is 2.46. The van der Waals surface area contributed by atoms with Gasteiger partial charge in [0.2, 0.25) is 0 Å². The maximum Gasteiger partial charge on any atom is 0.175 e. The van der Waals surface area contributed by atoms with Crippen molar-refractivity contribution in [2.45, 2.75) is 20.5 Å². The number of nitrogens with zero attached hydrogens (tertiary/aromatic N) is 1. The second kappa shape index (κ2) is 7.22. The van der Waals surface area contributed by atoms with Gasteiger partial charge in [0.25, 0.3) is 0 Å². The van der Waals surface area contributed by atoms with E-state index in [1.54, 1.807) is 12.1 Å². The van der Waals surface area contributed by atoms with Crippen molar-refractivity contribution in [1.82, 2.24) is 4.98 Å². The molecule has 0 amide bonds. The van der Waals surface area contributed by atoms with E-state index in [0.29, 0.717) is 34.7 Å². The zero-order valence-corrected chi connectivity index (χ0v) is 13.5. The molecule has 0 saturated heterocycles. The van der Waals surface area contributed by atoms with Crippen molar-refractivity contribution in [3.05, 3.63) is 51.8 Å². The van der Waals surface area contributed by atoms with Crippen LogP contribution in [0, 0.1) is 6.92 Å². The van der Waals surface area contributed by atoms with Crippen molar-refractivity contribution in [1.29, 1.82) is 0 Å². The quantitative estimate of drug-likeness (QED) is 0.741. The number of rotatable bonds is 6. The Kier molecular flexibility index (Phi) is 5.33. The predicted octanol–water partition coefficient (Wildman–Crippen LogP) is 3.94. The molecule has 0 radical (unpaired) electrons. The molecule has 0 aliphatic heterocycles. The predicted molar refractivity (Wildman–Crippen MR) is 84.0 cm³/mol. The van der Waals surface area contributed by atoms with Gasteiger partial charge < -0.3 is 9.47 Å². The molecule has 1 heterocycles. The van der Waals surface area contributed by atoms with E-state index in [-0.39, 0.29) is 0 Å². The smallest absolute Gasteiger partial charge is 0.175 e. The molecule has 0 saturated carbocycles. The molecule has 4 nitrogen and oxygen atoms in total. The molecule has 0 unspecified atom stereocenters. The second-order valence-corrected chi connectivity index (χ2v) is 5.29. The van der Waals surface area contributed by atoms with E-state index in [1.807, 2.05) is 32.0 Å². The van der Waals surface area contributed by atoms with Crippen molar-refractivity contribution in [2.24, 2.45) is 0 Å². The topological polar surface area (TPSA) is 48.4 Å². The van der Waals surface area contributed by atoms with Crippen LogP contribution >= 0.6 is 15.9 Å². The minimum atomic E-state index is 0.334. The fourth-order valence-electron chi connectivity index (χ4n) is 1.88. The first-order chi connectivity index (χ1) is 10.1. The van der Waals surface area contributed by atoms with Crippen LogP contribution in [0.5, 0.6) is 11.5 Å². The van der Waals surface area contributed by atoms with Gasteiger partial charge in [-0.3, -0.25) is 9.78 Å². The third kappa shape index (κ3) is 4.04. The number of aromatic nitrogens is 1. The summed E-state index contributed by atoms with van der Waals surface area (Å²) < 4.78 is 12.0. The highest BCUT2D eigenvalue weighted by Gasteiger charge is 2.12. The fraction of sp³-hybridized carbons (Fsp3) is 0.250. The molecule has 0 bridgehead atoms. The number of benzene rings is 1. The van der Waals surface area contributed by atoms with Crippen molar-refractivity contribution in [3.8, 4) is 11.5 Å². The largest absolute Gasteiger partial charge is 0.490 e. The summed E-state index contributed by atoms with van der Waals surface area (Å²) in [7, 11) is 0. The minimum Gasteiger partial charge on any atom is -0.490 e. The number of hydrogen-bond acceptors (Lipinski definition) is 4. The van der Waals surface area contributed by atoms with Gasteiger partial charge in [0.05, 0.1) is 16.8 Å². The molecule has 0 spiro atoms. The highest BCUT2D eigenvalue weighted by Crippen LogP contribution is 2.37. The van der Waals surface area contributed by atoms with Crippen LogP contribution in [-0.2, 0) is 6.61 Å². The van der Waals surface area contributed by atoms with Crippen LogP contribution in [-0.4, -0.2) is 17.9 Å². The Bertz CT molecular complexity index is 643. The van der Waals surface area contributed by atoms with Crippen molar-refractivity contribution >= 4 is 22.2 Å². The average molecular weight is 350 g/mol. The molecule has 0 fully saturated rings. The molecule has 110 valence electrons. The van der Waals surface area contributed by atoms with E-state index in [0.717, 1.165) is 17.7 Å². The Morgan fingerprint density at radius 3 is 2.76 bits per heavy atom. The Morgan fingerprint density at radius 2 is 2.10 bits per heavy atom. The van der Waals surface area contributed by atoms with E-state index in [1.165, 1.54) is 0 Å². The maximum atomic E-state index is 10.9. The van der Waals surface area contributed by atoms with Crippen molar-refractivity contribution < 1.29 is 14.3 Å². The minimum absolute atomic E-state index is 0.334. The van der Waals surface area contributed by atoms with E-state index in [4.69, 9.17) is 9.47 Å². The molecule has 2 aromatic rings. The lowest BCUT2D eigenvalue weighted by Gasteiger charge is -2.14. The molecule has 2 rings (SSSR count). The third-order valence-electron chi connectivity index (χ3n) is 2.78. The van der Waals surface area contributed by atoms with Crippen LogP contribution in [0.15, 0.2) is 34.8 Å². The van der Waals surface area contributed by atoms with E-state index >= 15 is 0 Å². The molecule has 1 aromatic carbocycles. The van der Waals surface area contributed by atoms with E-state index in [9.17, 15) is 4.79 Å². The monoisotopic (exact) mass is 349 g/mol. The van der Waals surface area contributed by atoms with Gasteiger partial charge in [-0.1, -0.05) is 6.07 Å². The summed E-state index contributed by atoms with van der Waals surface area (Å²) in [6.07, 6.45) is 0.777. The summed E-state index contributed by atoms with van der Waals surface area (Å²) in [5, 5.41) is 0. The number of carbonyl (C=O) groups excluding carboxylic acids is 1. The zero-order chi connectivity index (χ0) is 15.2. The molecular formula is C16H16BrNO3. The molecule has 21 heavy (non-hydrogen) atoms. The number of aldehydes is 1. The van der Waals surface area contributed by atoms with Crippen LogP contribution in [0.4, 0.5) is 0 Å². The summed E-state index contributed by atoms with van der Waals surface area (Å²) in [5.41, 5.74) is 2.31. The number of aryl methyl sites for hydroxylation is 1. The average Bonchev–Trinajstić information content (AvgIpc) is 2.46. The maximum absolute atomic E-state index is 10.9. The SMILES string of the molecule is CCOc1cc(C=O)cc(Br)c1OCc1cccc(C)n1. The first-order valence-electron chi connectivity index (χ1n) is 6.61. The van der Waals surface area contributed by atoms with E-state index < -0.39 is 0 Å². The zero-order valence-electron chi connectivity index (χ0n) is 11.9. The van der Waals surface area contributed by atoms with Gasteiger partial charge >= 0.3 is 0 Å². The Hall–Kier alpha value is -1.88. The Morgan fingerprint density at radius 1 is 1.29 bits per heavy atom. The lowest BCUT2D eigenvalue weighted by Crippen LogP contribution is -2.03. The highest BCUT2D eigenvalue weighted by molar-refractivity contribution is 9.10. The number of halogens is 1. The van der Waals surface area contributed by atoms with E-state index in [2.05, 4.69) is 20.9 Å². The first kappa shape index (κ1) is 15.5. The summed E-state index contributed by atoms with van der Waals surface area (Å²) in [5.74, 6) is 1.12. The van der Waals surface area contributed by atoms with Crippen LogP contribution in [0.3, 0.4) is 0 Å². The summed E-state index contributed by atoms with van der Waals surface area (Å²) in [6, 6.07) is 9.15. The Labute approximate surface area is 132 Å². The Balaban J connectivity index is 2.24.